The molecule has 0 aromatic heterocycles. The van der Waals surface area contributed by atoms with E-state index in [4.69, 9.17) is 9.47 Å². The largest absolute Gasteiger partial charge is 0.493 e. The van der Waals surface area contributed by atoms with Crippen LogP contribution in [0.3, 0.4) is 0 Å². The van der Waals surface area contributed by atoms with Gasteiger partial charge < -0.3 is 14.8 Å². The zero-order valence-electron chi connectivity index (χ0n) is 16.8. The van der Waals surface area contributed by atoms with Crippen LogP contribution in [0.4, 0.5) is 5.69 Å². The lowest BCUT2D eigenvalue weighted by Crippen LogP contribution is -2.54. The second-order valence-electron chi connectivity index (χ2n) is 7.45. The van der Waals surface area contributed by atoms with Gasteiger partial charge in [0.25, 0.3) is 11.9 Å². The molecule has 2 heterocycles. The monoisotopic (exact) mass is 475 g/mol. The van der Waals surface area contributed by atoms with Crippen molar-refractivity contribution in [2.24, 2.45) is 0 Å². The first-order chi connectivity index (χ1) is 14.3. The minimum atomic E-state index is -1.45. The van der Waals surface area contributed by atoms with Gasteiger partial charge in [-0.3, -0.25) is 20.2 Å². The average Bonchev–Trinajstić information content (AvgIpc) is 3.17. The van der Waals surface area contributed by atoms with Gasteiger partial charge in [-0.15, -0.1) is 0 Å². The predicted molar refractivity (Wildman–Crippen MR) is 115 cm³/mol. The Kier molecular flexibility index (Phi) is 5.19. The number of anilines is 1. The number of methoxy groups -OCH3 is 1. The Morgan fingerprint density at radius 1 is 1.27 bits per heavy atom. The molecule has 0 saturated carbocycles. The second-order valence-corrected chi connectivity index (χ2v) is 8.31. The smallest absolute Gasteiger partial charge is 0.256 e. The molecule has 2 aliphatic rings. The highest BCUT2D eigenvalue weighted by Crippen LogP contribution is 2.51. The summed E-state index contributed by atoms with van der Waals surface area (Å²) in [6.07, 6.45) is 0. The van der Waals surface area contributed by atoms with Crippen molar-refractivity contribution >= 4 is 27.5 Å². The number of hydrogen-bond acceptors (Lipinski definition) is 6. The molecule has 0 aliphatic carbocycles. The maximum absolute atomic E-state index is 13.1. The SMILES string of the molecule is CCOc1cc([C@@H]2[C@H](C)N[C@@]3(C(=O)Nc4ccccc43)[C@H]2[N+](=O)[O-])c(Br)cc1OC. The maximum Gasteiger partial charge on any atom is 0.256 e. The van der Waals surface area contributed by atoms with Gasteiger partial charge in [-0.2, -0.15) is 0 Å². The molecule has 0 radical (unpaired) electrons. The van der Waals surface area contributed by atoms with Crippen LogP contribution in [-0.4, -0.2) is 36.6 Å². The molecule has 8 nitrogen and oxygen atoms in total. The molecule has 0 bridgehead atoms. The van der Waals surface area contributed by atoms with Crippen LogP contribution in [0.2, 0.25) is 0 Å². The molecule has 1 fully saturated rings. The molecule has 2 N–H and O–H groups in total. The van der Waals surface area contributed by atoms with Crippen molar-refractivity contribution in [1.82, 2.24) is 5.32 Å². The number of nitrogens with one attached hydrogen (secondary N) is 2. The Morgan fingerprint density at radius 3 is 2.67 bits per heavy atom. The molecule has 2 aromatic carbocycles. The van der Waals surface area contributed by atoms with Crippen LogP contribution in [-0.2, 0) is 10.3 Å². The van der Waals surface area contributed by atoms with Gasteiger partial charge in [-0.25, -0.2) is 0 Å². The van der Waals surface area contributed by atoms with Gasteiger partial charge in [0.2, 0.25) is 0 Å². The van der Waals surface area contributed by atoms with Crippen molar-refractivity contribution in [1.29, 1.82) is 0 Å². The number of carbonyl (C=O) groups is 1. The first kappa shape index (κ1) is 20.6. The van der Waals surface area contributed by atoms with Crippen LogP contribution >= 0.6 is 15.9 Å². The van der Waals surface area contributed by atoms with E-state index in [-0.39, 0.29) is 11.0 Å². The Balaban J connectivity index is 1.90. The molecule has 1 amide bonds. The lowest BCUT2D eigenvalue weighted by molar-refractivity contribution is -0.532. The van der Waals surface area contributed by atoms with E-state index >= 15 is 0 Å². The lowest BCUT2D eigenvalue weighted by Gasteiger charge is -2.26. The minimum Gasteiger partial charge on any atom is -0.493 e. The van der Waals surface area contributed by atoms with Crippen LogP contribution in [0.15, 0.2) is 40.9 Å². The van der Waals surface area contributed by atoms with Gasteiger partial charge >= 0.3 is 0 Å². The minimum absolute atomic E-state index is 0.347. The van der Waals surface area contributed by atoms with E-state index in [0.717, 1.165) is 0 Å². The fraction of sp³-hybridized carbons (Fsp3) is 0.381. The van der Waals surface area contributed by atoms with Gasteiger partial charge in [0.05, 0.1) is 19.6 Å². The fourth-order valence-electron chi connectivity index (χ4n) is 4.76. The molecule has 2 aromatic rings. The lowest BCUT2D eigenvalue weighted by atomic mass is 9.78. The number of amides is 1. The highest BCUT2D eigenvalue weighted by atomic mass is 79.9. The predicted octanol–water partition coefficient (Wildman–Crippen LogP) is 3.42. The van der Waals surface area contributed by atoms with Gasteiger partial charge in [0.1, 0.15) is 0 Å². The van der Waals surface area contributed by atoms with Gasteiger partial charge in [0.15, 0.2) is 17.0 Å². The molecular formula is C21H22BrN3O5. The van der Waals surface area contributed by atoms with E-state index in [0.29, 0.717) is 39.4 Å². The summed E-state index contributed by atoms with van der Waals surface area (Å²) in [6.45, 7) is 4.14. The Morgan fingerprint density at radius 2 is 2.00 bits per heavy atom. The van der Waals surface area contributed by atoms with Crippen LogP contribution in [0, 0.1) is 10.1 Å². The third-order valence-corrected chi connectivity index (χ3v) is 6.59. The maximum atomic E-state index is 13.1. The third kappa shape index (κ3) is 2.87. The number of nitrogens with zero attached hydrogens (tertiary/aromatic N) is 1. The number of carbonyl (C=O) groups excluding carboxylic acids is 1. The molecule has 4 rings (SSSR count). The molecule has 1 spiro atoms. The van der Waals surface area contributed by atoms with Crippen molar-refractivity contribution in [3.63, 3.8) is 0 Å². The van der Waals surface area contributed by atoms with Crippen molar-refractivity contribution in [3.05, 3.63) is 62.1 Å². The Bertz CT molecular complexity index is 1030. The summed E-state index contributed by atoms with van der Waals surface area (Å²) in [6, 6.07) is 9.06. The summed E-state index contributed by atoms with van der Waals surface area (Å²) in [5.74, 6) is 0.0398. The zero-order chi connectivity index (χ0) is 21.6. The van der Waals surface area contributed by atoms with E-state index in [1.54, 1.807) is 43.5 Å². The molecule has 0 unspecified atom stereocenters. The molecule has 30 heavy (non-hydrogen) atoms. The summed E-state index contributed by atoms with van der Waals surface area (Å²) < 4.78 is 11.7. The van der Waals surface area contributed by atoms with Gasteiger partial charge in [-0.05, 0) is 37.6 Å². The molecular weight excluding hydrogens is 454 g/mol. The molecule has 1 saturated heterocycles. The van der Waals surface area contributed by atoms with Gasteiger partial charge in [0, 0.05) is 26.7 Å². The van der Waals surface area contributed by atoms with Crippen LogP contribution in [0.25, 0.3) is 0 Å². The number of rotatable bonds is 5. The molecule has 9 heteroatoms. The number of fused-ring (bicyclic) bond motifs is 2. The summed E-state index contributed by atoms with van der Waals surface area (Å²) in [4.78, 5) is 25.2. The summed E-state index contributed by atoms with van der Waals surface area (Å²) in [7, 11) is 1.54. The summed E-state index contributed by atoms with van der Waals surface area (Å²) in [5.41, 5.74) is 0.434. The van der Waals surface area contributed by atoms with Crippen molar-refractivity contribution in [2.45, 2.75) is 37.4 Å². The Hall–Kier alpha value is -2.65. The van der Waals surface area contributed by atoms with Crippen LogP contribution in [0.1, 0.15) is 30.9 Å². The second kappa shape index (κ2) is 7.55. The highest BCUT2D eigenvalue weighted by Gasteiger charge is 2.67. The van der Waals surface area contributed by atoms with E-state index in [9.17, 15) is 14.9 Å². The fourth-order valence-corrected chi connectivity index (χ4v) is 5.34. The zero-order valence-corrected chi connectivity index (χ0v) is 18.4. The third-order valence-electron chi connectivity index (χ3n) is 5.91. The van der Waals surface area contributed by atoms with Crippen molar-refractivity contribution < 1.29 is 19.2 Å². The van der Waals surface area contributed by atoms with E-state index in [1.165, 1.54) is 0 Å². The van der Waals surface area contributed by atoms with Crippen LogP contribution < -0.4 is 20.1 Å². The number of para-hydroxylation sites is 1. The number of ether oxygens (including phenoxy) is 2. The number of nitro groups is 1. The summed E-state index contributed by atoms with van der Waals surface area (Å²) >= 11 is 3.54. The van der Waals surface area contributed by atoms with Gasteiger partial charge in [-0.1, -0.05) is 34.1 Å². The van der Waals surface area contributed by atoms with E-state index in [2.05, 4.69) is 26.6 Å². The normalized spacial score (nSPS) is 27.1. The van der Waals surface area contributed by atoms with Crippen molar-refractivity contribution in [2.75, 3.05) is 19.0 Å². The topological polar surface area (TPSA) is 103 Å². The molecule has 4 atom stereocenters. The van der Waals surface area contributed by atoms with Crippen molar-refractivity contribution in [3.8, 4) is 11.5 Å². The first-order valence-corrected chi connectivity index (χ1v) is 10.5. The average molecular weight is 476 g/mol. The van der Waals surface area contributed by atoms with E-state index in [1.807, 2.05) is 13.8 Å². The highest BCUT2D eigenvalue weighted by molar-refractivity contribution is 9.10. The van der Waals surface area contributed by atoms with E-state index < -0.39 is 23.4 Å². The standard InChI is InChI=1S/C21H22BrN3O5/c1-4-30-17-9-12(14(22)10-16(17)29-3)18-11(2)24-21(19(18)25(27)28)13-7-5-6-8-15(13)23-20(21)26/h5-11,18-19,24H,4H2,1-3H3,(H,23,26)/t11-,18-,19-,21+/m0/s1. The number of halogens is 1. The quantitative estimate of drug-likeness (QED) is 0.507. The Labute approximate surface area is 182 Å². The summed E-state index contributed by atoms with van der Waals surface area (Å²) in [5, 5.41) is 18.5. The number of benzene rings is 2. The molecule has 158 valence electrons. The number of hydrogen-bond donors (Lipinski definition) is 2. The molecule has 2 aliphatic heterocycles. The van der Waals surface area contributed by atoms with Crippen LogP contribution in [0.5, 0.6) is 11.5 Å². The first-order valence-electron chi connectivity index (χ1n) is 9.67.